The first-order chi connectivity index (χ1) is 11.2. The van der Waals surface area contributed by atoms with Crippen LogP contribution in [0, 0.1) is 5.82 Å². The summed E-state index contributed by atoms with van der Waals surface area (Å²) in [4.78, 5) is 2.38. The van der Waals surface area contributed by atoms with Crippen LogP contribution in [0.3, 0.4) is 0 Å². The minimum atomic E-state index is -0.509. The van der Waals surface area contributed by atoms with Crippen LogP contribution in [0.4, 0.5) is 4.39 Å². The fraction of sp³-hybridized carbons (Fsp3) is 0.467. The monoisotopic (exact) mass is 339 g/mol. The number of rotatable bonds is 5. The molecule has 0 aliphatic carbocycles. The third kappa shape index (κ3) is 3.80. The SMILES string of the molecule is COc1c(F)cc(-c2cn(CCN3CCNCC3)nn2)cc1Cl. The Hall–Kier alpha value is -1.70. The van der Waals surface area contributed by atoms with Gasteiger partial charge in [0.2, 0.25) is 0 Å². The number of nitrogens with zero attached hydrogens (tertiary/aromatic N) is 4. The summed E-state index contributed by atoms with van der Waals surface area (Å²) in [6.45, 7) is 5.79. The summed E-state index contributed by atoms with van der Waals surface area (Å²) in [5, 5.41) is 11.8. The Bertz CT molecular complexity index is 649. The van der Waals surface area contributed by atoms with Gasteiger partial charge in [-0.05, 0) is 12.1 Å². The molecule has 2 aromatic rings. The van der Waals surface area contributed by atoms with E-state index in [1.54, 1.807) is 16.9 Å². The molecule has 2 heterocycles. The lowest BCUT2D eigenvalue weighted by molar-refractivity contribution is 0.228. The van der Waals surface area contributed by atoms with Crippen molar-refractivity contribution in [2.75, 3.05) is 39.8 Å². The van der Waals surface area contributed by atoms with E-state index in [4.69, 9.17) is 16.3 Å². The van der Waals surface area contributed by atoms with Crippen molar-refractivity contribution in [1.82, 2.24) is 25.2 Å². The van der Waals surface area contributed by atoms with Crippen molar-refractivity contribution < 1.29 is 9.13 Å². The van der Waals surface area contributed by atoms with Crippen molar-refractivity contribution in [3.05, 3.63) is 29.2 Å². The molecule has 6 nitrogen and oxygen atoms in total. The third-order valence-corrected chi connectivity index (χ3v) is 4.17. The van der Waals surface area contributed by atoms with Gasteiger partial charge in [-0.1, -0.05) is 16.8 Å². The van der Waals surface area contributed by atoms with Crippen LogP contribution in [-0.4, -0.2) is 59.7 Å². The number of methoxy groups -OCH3 is 1. The predicted octanol–water partition coefficient (Wildman–Crippen LogP) is 1.65. The molecule has 0 amide bonds. The molecule has 0 radical (unpaired) electrons. The molecule has 0 unspecified atom stereocenters. The number of ether oxygens (including phenoxy) is 1. The Labute approximate surface area is 139 Å². The zero-order chi connectivity index (χ0) is 16.2. The Morgan fingerprint density at radius 3 is 2.78 bits per heavy atom. The van der Waals surface area contributed by atoms with Gasteiger partial charge < -0.3 is 10.1 Å². The summed E-state index contributed by atoms with van der Waals surface area (Å²) in [7, 11) is 1.39. The van der Waals surface area contributed by atoms with Gasteiger partial charge in [-0.3, -0.25) is 9.58 Å². The van der Waals surface area contributed by atoms with Crippen molar-refractivity contribution in [1.29, 1.82) is 0 Å². The minimum Gasteiger partial charge on any atom is -0.492 e. The highest BCUT2D eigenvalue weighted by atomic mass is 35.5. The third-order valence-electron chi connectivity index (χ3n) is 3.89. The molecule has 0 atom stereocenters. The lowest BCUT2D eigenvalue weighted by Gasteiger charge is -2.26. The van der Waals surface area contributed by atoms with Crippen LogP contribution < -0.4 is 10.1 Å². The summed E-state index contributed by atoms with van der Waals surface area (Å²) in [5.41, 5.74) is 1.18. The molecule has 1 aliphatic heterocycles. The molecule has 0 saturated carbocycles. The molecular weight excluding hydrogens is 321 g/mol. The Kier molecular flexibility index (Phi) is 5.09. The largest absolute Gasteiger partial charge is 0.492 e. The van der Waals surface area contributed by atoms with Crippen LogP contribution in [0.2, 0.25) is 5.02 Å². The number of hydrogen-bond acceptors (Lipinski definition) is 5. The first-order valence-corrected chi connectivity index (χ1v) is 7.92. The highest BCUT2D eigenvalue weighted by molar-refractivity contribution is 6.32. The van der Waals surface area contributed by atoms with Gasteiger partial charge in [0.25, 0.3) is 0 Å². The number of aromatic nitrogens is 3. The van der Waals surface area contributed by atoms with Crippen molar-refractivity contribution in [2.24, 2.45) is 0 Å². The highest BCUT2D eigenvalue weighted by Gasteiger charge is 2.14. The van der Waals surface area contributed by atoms with E-state index in [0.717, 1.165) is 39.3 Å². The van der Waals surface area contributed by atoms with Gasteiger partial charge in [-0.2, -0.15) is 0 Å². The van der Waals surface area contributed by atoms with Gasteiger partial charge in [0.05, 0.1) is 24.9 Å². The molecule has 8 heteroatoms. The second-order valence-corrected chi connectivity index (χ2v) is 5.84. The van der Waals surface area contributed by atoms with E-state index in [1.165, 1.54) is 13.2 Å². The number of nitrogens with one attached hydrogen (secondary N) is 1. The molecule has 124 valence electrons. The first-order valence-electron chi connectivity index (χ1n) is 7.54. The van der Waals surface area contributed by atoms with E-state index in [9.17, 15) is 4.39 Å². The predicted molar refractivity (Wildman–Crippen MR) is 86.3 cm³/mol. The van der Waals surface area contributed by atoms with E-state index < -0.39 is 5.82 Å². The van der Waals surface area contributed by atoms with Gasteiger partial charge in [0.1, 0.15) is 5.69 Å². The second kappa shape index (κ2) is 7.25. The molecule has 1 aliphatic rings. The maximum Gasteiger partial charge on any atom is 0.173 e. The highest BCUT2D eigenvalue weighted by Crippen LogP contribution is 2.32. The molecule has 0 bridgehead atoms. The Morgan fingerprint density at radius 1 is 1.30 bits per heavy atom. The molecule has 1 N–H and O–H groups in total. The maximum atomic E-state index is 13.9. The van der Waals surface area contributed by atoms with E-state index in [1.807, 2.05) is 0 Å². The molecule has 1 saturated heterocycles. The molecular formula is C15H19ClFN5O. The van der Waals surface area contributed by atoms with Gasteiger partial charge in [0.15, 0.2) is 11.6 Å². The number of benzene rings is 1. The van der Waals surface area contributed by atoms with E-state index >= 15 is 0 Å². The molecule has 1 fully saturated rings. The number of piperazine rings is 1. The van der Waals surface area contributed by atoms with E-state index in [2.05, 4.69) is 20.5 Å². The fourth-order valence-electron chi connectivity index (χ4n) is 2.62. The Balaban J connectivity index is 1.69. The average Bonchev–Trinajstić information content (AvgIpc) is 3.02. The first kappa shape index (κ1) is 16.2. The van der Waals surface area contributed by atoms with Crippen LogP contribution >= 0.6 is 11.6 Å². The summed E-state index contributed by atoms with van der Waals surface area (Å²) < 4.78 is 20.6. The Morgan fingerprint density at radius 2 is 2.09 bits per heavy atom. The van der Waals surface area contributed by atoms with Gasteiger partial charge in [-0.15, -0.1) is 5.10 Å². The molecule has 3 rings (SSSR count). The van der Waals surface area contributed by atoms with Crippen molar-refractivity contribution in [3.8, 4) is 17.0 Å². The van der Waals surface area contributed by atoms with Gasteiger partial charge in [-0.25, -0.2) is 4.39 Å². The number of halogens is 2. The normalized spacial score (nSPS) is 15.8. The summed E-state index contributed by atoms with van der Waals surface area (Å²) in [6.07, 6.45) is 1.81. The second-order valence-electron chi connectivity index (χ2n) is 5.43. The van der Waals surface area contributed by atoms with Crippen LogP contribution in [-0.2, 0) is 6.54 Å². The average molecular weight is 340 g/mol. The standard InChI is InChI=1S/C15H19ClFN5O/c1-23-15-12(16)8-11(9-13(15)17)14-10-22(20-19-14)7-6-21-4-2-18-3-5-21/h8-10,18H,2-7H2,1H3. The molecule has 1 aromatic carbocycles. The van der Waals surface area contributed by atoms with Gasteiger partial charge in [0, 0.05) is 38.3 Å². The number of hydrogen-bond donors (Lipinski definition) is 1. The zero-order valence-corrected chi connectivity index (χ0v) is 13.7. The maximum absolute atomic E-state index is 13.9. The quantitative estimate of drug-likeness (QED) is 0.897. The van der Waals surface area contributed by atoms with Crippen LogP contribution in [0.25, 0.3) is 11.3 Å². The van der Waals surface area contributed by atoms with Crippen LogP contribution in [0.5, 0.6) is 5.75 Å². The zero-order valence-electron chi connectivity index (χ0n) is 12.9. The lowest BCUT2D eigenvalue weighted by Crippen LogP contribution is -2.44. The summed E-state index contributed by atoms with van der Waals surface area (Å²) in [6, 6.07) is 2.99. The van der Waals surface area contributed by atoms with E-state index in [0.29, 0.717) is 11.3 Å². The molecule has 0 spiro atoms. The van der Waals surface area contributed by atoms with Crippen LogP contribution in [0.1, 0.15) is 0 Å². The van der Waals surface area contributed by atoms with Gasteiger partial charge >= 0.3 is 0 Å². The smallest absolute Gasteiger partial charge is 0.173 e. The van der Waals surface area contributed by atoms with Crippen LogP contribution in [0.15, 0.2) is 18.3 Å². The van der Waals surface area contributed by atoms with Crippen molar-refractivity contribution in [3.63, 3.8) is 0 Å². The van der Waals surface area contributed by atoms with Crippen molar-refractivity contribution >= 4 is 11.6 Å². The molecule has 1 aromatic heterocycles. The fourth-order valence-corrected chi connectivity index (χ4v) is 2.91. The topological polar surface area (TPSA) is 55.2 Å². The summed E-state index contributed by atoms with van der Waals surface area (Å²) >= 11 is 6.02. The lowest BCUT2D eigenvalue weighted by atomic mass is 10.1. The van der Waals surface area contributed by atoms with E-state index in [-0.39, 0.29) is 10.8 Å². The minimum absolute atomic E-state index is 0.0431. The van der Waals surface area contributed by atoms with Crippen molar-refractivity contribution in [2.45, 2.75) is 6.54 Å². The molecule has 23 heavy (non-hydrogen) atoms. The summed E-state index contributed by atoms with van der Waals surface area (Å²) in [5.74, 6) is -0.466.